The lowest BCUT2D eigenvalue weighted by molar-refractivity contribution is 0.00578. The zero-order chi connectivity index (χ0) is 23.9. The van der Waals surface area contributed by atoms with Gasteiger partial charge in [-0.25, -0.2) is 12.8 Å². The molecule has 1 saturated heterocycles. The topological polar surface area (TPSA) is 73.9 Å². The third-order valence-corrected chi connectivity index (χ3v) is 6.63. The van der Waals surface area contributed by atoms with Crippen LogP contribution in [0.4, 0.5) is 18.9 Å². The van der Waals surface area contributed by atoms with Gasteiger partial charge in [0.25, 0.3) is 10.0 Å². The number of anilines is 1. The maximum Gasteiger partial charge on any atom is 0.494 e. The molecule has 3 rings (SSSR count). The van der Waals surface area contributed by atoms with Crippen molar-refractivity contribution in [3.63, 3.8) is 0 Å². The summed E-state index contributed by atoms with van der Waals surface area (Å²) in [5.74, 6) is -4.04. The zero-order valence-electron chi connectivity index (χ0n) is 18.4. The predicted octanol–water partition coefficient (Wildman–Crippen LogP) is 4.23. The highest BCUT2D eigenvalue weighted by Crippen LogP contribution is 2.37. The van der Waals surface area contributed by atoms with Crippen molar-refractivity contribution < 1.29 is 35.6 Å². The van der Waals surface area contributed by atoms with Crippen LogP contribution >= 0.6 is 0 Å². The molecular weight excluding hydrogens is 446 g/mol. The quantitative estimate of drug-likeness (QED) is 0.612. The Morgan fingerprint density at radius 2 is 1.56 bits per heavy atom. The summed E-state index contributed by atoms with van der Waals surface area (Å²) in [4.78, 5) is 0. The summed E-state index contributed by atoms with van der Waals surface area (Å²) in [6, 6.07) is 9.86. The fourth-order valence-corrected chi connectivity index (χ4v) is 3.60. The van der Waals surface area contributed by atoms with Gasteiger partial charge in [0.15, 0.2) is 0 Å². The van der Waals surface area contributed by atoms with Gasteiger partial charge in [0.05, 0.1) is 16.9 Å². The minimum atomic E-state index is -4.92. The van der Waals surface area contributed by atoms with Crippen molar-refractivity contribution in [2.75, 3.05) is 4.72 Å². The molecule has 1 aliphatic rings. The predicted molar refractivity (Wildman–Crippen MR) is 116 cm³/mol. The average molecular weight is 471 g/mol. The minimum Gasteiger partial charge on any atom is -0.484 e. The second-order valence-electron chi connectivity index (χ2n) is 8.56. The van der Waals surface area contributed by atoms with E-state index in [1.807, 2.05) is 32.4 Å². The van der Waals surface area contributed by atoms with Gasteiger partial charge in [0, 0.05) is 0 Å². The number of alkyl halides is 2. The monoisotopic (exact) mass is 471 g/mol. The van der Waals surface area contributed by atoms with Crippen molar-refractivity contribution in [3.05, 3.63) is 53.8 Å². The van der Waals surface area contributed by atoms with Gasteiger partial charge in [-0.15, -0.1) is 0 Å². The number of ether oxygens (including phenoxy) is 1. The molecule has 32 heavy (non-hydrogen) atoms. The third kappa shape index (κ3) is 5.05. The summed E-state index contributed by atoms with van der Waals surface area (Å²) in [5, 5.41) is 0. The number of hydrogen-bond acceptors (Lipinski definition) is 5. The Hall–Kier alpha value is -2.24. The van der Waals surface area contributed by atoms with E-state index in [0.717, 1.165) is 0 Å². The lowest BCUT2D eigenvalue weighted by Crippen LogP contribution is -2.41. The molecule has 0 bridgehead atoms. The normalized spacial score (nSPS) is 18.6. The van der Waals surface area contributed by atoms with Gasteiger partial charge in [-0.1, -0.05) is 18.2 Å². The van der Waals surface area contributed by atoms with E-state index in [2.05, 4.69) is 0 Å². The second kappa shape index (κ2) is 8.60. The summed E-state index contributed by atoms with van der Waals surface area (Å²) in [5.41, 5.74) is -0.272. The number of benzene rings is 2. The Morgan fingerprint density at radius 1 is 1.00 bits per heavy atom. The molecule has 11 heteroatoms. The summed E-state index contributed by atoms with van der Waals surface area (Å²) in [7, 11) is -5.70. The molecule has 6 nitrogen and oxygen atoms in total. The lowest BCUT2D eigenvalue weighted by atomic mass is 9.79. The Bertz CT molecular complexity index is 1060. The molecule has 0 unspecified atom stereocenters. The van der Waals surface area contributed by atoms with E-state index in [9.17, 15) is 21.6 Å². The zero-order valence-corrected chi connectivity index (χ0v) is 19.2. The third-order valence-electron chi connectivity index (χ3n) is 5.66. The molecule has 1 aliphatic heterocycles. The van der Waals surface area contributed by atoms with Gasteiger partial charge < -0.3 is 14.0 Å². The second-order valence-corrected chi connectivity index (χ2v) is 10.2. The Morgan fingerprint density at radius 3 is 2.09 bits per heavy atom. The van der Waals surface area contributed by atoms with E-state index in [1.54, 1.807) is 6.92 Å². The van der Waals surface area contributed by atoms with Gasteiger partial charge in [0.1, 0.15) is 17.7 Å². The summed E-state index contributed by atoms with van der Waals surface area (Å²) in [6.45, 7) is 9.19. The van der Waals surface area contributed by atoms with Crippen LogP contribution in [0.1, 0.15) is 46.3 Å². The van der Waals surface area contributed by atoms with Crippen LogP contribution in [0, 0.1) is 5.82 Å². The van der Waals surface area contributed by atoms with Crippen molar-refractivity contribution in [1.29, 1.82) is 0 Å². The van der Waals surface area contributed by atoms with E-state index in [0.29, 0.717) is 11.0 Å². The SMILES string of the molecule is C[C@@H](Oc1cc(B2OC(C)(C)C(C)(C)O2)ccc1NS(=O)(=O)C(F)F)c1ccc(F)cc1. The standard InChI is InChI=1S/C21H25BF3NO5S/c1-13(14-6-9-16(23)10-7-14)29-18-12-15(22-30-20(2,3)21(4,5)31-22)8-11-17(18)26-32(27,28)19(24)25/h6-13,19,26H,1-5H3/t13-/m1/s1. The fraction of sp³-hybridized carbons (Fsp3) is 0.429. The van der Waals surface area contributed by atoms with Gasteiger partial charge in [-0.05, 0) is 69.9 Å². The Labute approximate surface area is 186 Å². The highest BCUT2D eigenvalue weighted by atomic mass is 32.2. The van der Waals surface area contributed by atoms with Crippen LogP contribution < -0.4 is 14.9 Å². The van der Waals surface area contributed by atoms with E-state index in [-0.39, 0.29) is 11.4 Å². The first kappa shape index (κ1) is 24.4. The van der Waals surface area contributed by atoms with Gasteiger partial charge in [-0.3, -0.25) is 4.72 Å². The molecular formula is C21H25BF3NO5S. The molecule has 2 aromatic rings. The maximum atomic E-state index is 13.2. The number of sulfonamides is 1. The maximum absolute atomic E-state index is 13.2. The molecule has 1 fully saturated rings. The van der Waals surface area contributed by atoms with Crippen LogP contribution in [0.2, 0.25) is 0 Å². The number of nitrogens with one attached hydrogen (secondary N) is 1. The molecule has 0 amide bonds. The molecule has 0 radical (unpaired) electrons. The van der Waals surface area contributed by atoms with Gasteiger partial charge in [-0.2, -0.15) is 8.78 Å². The van der Waals surface area contributed by atoms with Crippen LogP contribution in [-0.2, 0) is 19.3 Å². The molecule has 2 aromatic carbocycles. The van der Waals surface area contributed by atoms with Crippen molar-refractivity contribution >= 4 is 28.3 Å². The molecule has 1 N–H and O–H groups in total. The first-order valence-corrected chi connectivity index (χ1v) is 11.5. The highest BCUT2D eigenvalue weighted by Gasteiger charge is 2.51. The van der Waals surface area contributed by atoms with Crippen LogP contribution in [0.25, 0.3) is 0 Å². The fourth-order valence-electron chi connectivity index (χ4n) is 3.04. The van der Waals surface area contributed by atoms with E-state index < -0.39 is 46.0 Å². The van der Waals surface area contributed by atoms with Crippen LogP contribution in [0.3, 0.4) is 0 Å². The lowest BCUT2D eigenvalue weighted by Gasteiger charge is -2.32. The summed E-state index contributed by atoms with van der Waals surface area (Å²) < 4.78 is 82.4. The van der Waals surface area contributed by atoms with E-state index >= 15 is 0 Å². The molecule has 1 atom stereocenters. The number of rotatable bonds is 7. The molecule has 0 spiro atoms. The Kier molecular flexibility index (Phi) is 6.56. The average Bonchev–Trinajstić information content (AvgIpc) is 2.90. The molecule has 0 aromatic heterocycles. The smallest absolute Gasteiger partial charge is 0.484 e. The van der Waals surface area contributed by atoms with Gasteiger partial charge >= 0.3 is 12.9 Å². The largest absolute Gasteiger partial charge is 0.494 e. The van der Waals surface area contributed by atoms with Crippen LogP contribution in [-0.4, -0.2) is 32.5 Å². The summed E-state index contributed by atoms with van der Waals surface area (Å²) in [6.07, 6.45) is -0.640. The molecule has 1 heterocycles. The number of hydrogen-bond donors (Lipinski definition) is 1. The van der Waals surface area contributed by atoms with E-state index in [4.69, 9.17) is 14.0 Å². The van der Waals surface area contributed by atoms with Crippen molar-refractivity contribution in [3.8, 4) is 5.75 Å². The molecule has 0 aliphatic carbocycles. The van der Waals surface area contributed by atoms with Gasteiger partial charge in [0.2, 0.25) is 0 Å². The van der Waals surface area contributed by atoms with E-state index in [1.165, 1.54) is 42.5 Å². The molecule has 0 saturated carbocycles. The minimum absolute atomic E-state index is 0.00161. The van der Waals surface area contributed by atoms with Crippen molar-refractivity contribution in [1.82, 2.24) is 0 Å². The molecule has 174 valence electrons. The highest BCUT2D eigenvalue weighted by molar-refractivity contribution is 7.93. The summed E-state index contributed by atoms with van der Waals surface area (Å²) >= 11 is 0. The first-order valence-electron chi connectivity index (χ1n) is 9.93. The van der Waals surface area contributed by atoms with Crippen LogP contribution in [0.15, 0.2) is 42.5 Å². The van der Waals surface area contributed by atoms with Crippen LogP contribution in [0.5, 0.6) is 5.75 Å². The first-order chi connectivity index (χ1) is 14.7. The van der Waals surface area contributed by atoms with Crippen molar-refractivity contribution in [2.45, 2.75) is 57.7 Å². The number of halogens is 3. The Balaban J connectivity index is 1.96. The van der Waals surface area contributed by atoms with Crippen molar-refractivity contribution in [2.24, 2.45) is 0 Å².